The first kappa shape index (κ1) is 22.3. The Labute approximate surface area is 181 Å². The molecule has 0 radical (unpaired) electrons. The predicted octanol–water partition coefficient (Wildman–Crippen LogP) is 5.52. The fraction of sp³-hybridized carbons (Fsp3) is 0.348. The van der Waals surface area contributed by atoms with Gasteiger partial charge in [-0.15, -0.1) is 0 Å². The molecule has 9 heteroatoms. The van der Waals surface area contributed by atoms with Crippen molar-refractivity contribution in [2.24, 2.45) is 5.92 Å². The molecular weight excluding hydrogens is 429 g/mol. The van der Waals surface area contributed by atoms with Crippen LogP contribution in [0.3, 0.4) is 0 Å². The summed E-state index contributed by atoms with van der Waals surface area (Å²) in [5.41, 5.74) is 2.04. The molecule has 1 saturated heterocycles. The van der Waals surface area contributed by atoms with E-state index < -0.39 is 30.3 Å². The number of hydrogen-bond donors (Lipinski definition) is 2. The van der Waals surface area contributed by atoms with E-state index in [2.05, 4.69) is 10.3 Å². The molecule has 4 nitrogen and oxygen atoms in total. The van der Waals surface area contributed by atoms with Crippen LogP contribution in [0.25, 0.3) is 10.9 Å². The highest BCUT2D eigenvalue weighted by molar-refractivity contribution is 6.06. The Morgan fingerprint density at radius 2 is 1.84 bits per heavy atom. The number of aryl methyl sites for hydroxylation is 1. The Morgan fingerprint density at radius 1 is 1.09 bits per heavy atom. The van der Waals surface area contributed by atoms with E-state index in [0.29, 0.717) is 13.1 Å². The molecule has 2 N–H and O–H groups in total. The fourth-order valence-corrected chi connectivity index (χ4v) is 4.20. The van der Waals surface area contributed by atoms with Gasteiger partial charge in [0, 0.05) is 29.2 Å². The lowest BCUT2D eigenvalue weighted by molar-refractivity contribution is -0.143. The summed E-state index contributed by atoms with van der Waals surface area (Å²) >= 11 is 0. The van der Waals surface area contributed by atoms with Crippen molar-refractivity contribution in [3.63, 3.8) is 0 Å². The molecule has 2 heterocycles. The molecule has 1 aromatic heterocycles. The molecule has 0 spiro atoms. The summed E-state index contributed by atoms with van der Waals surface area (Å²) in [6, 6.07) is 10.1. The highest BCUT2D eigenvalue weighted by Gasteiger charge is 2.34. The molecule has 1 fully saturated rings. The number of rotatable bonds is 6. The summed E-state index contributed by atoms with van der Waals surface area (Å²) in [5.74, 6) is -1.87. The van der Waals surface area contributed by atoms with E-state index in [9.17, 15) is 26.7 Å². The van der Waals surface area contributed by atoms with Gasteiger partial charge in [-0.1, -0.05) is 6.07 Å². The van der Waals surface area contributed by atoms with Gasteiger partial charge in [-0.3, -0.25) is 9.69 Å². The molecule has 0 saturated carbocycles. The number of halogens is 5. The van der Waals surface area contributed by atoms with Crippen LogP contribution < -0.4 is 5.32 Å². The molecule has 170 valence electrons. The summed E-state index contributed by atoms with van der Waals surface area (Å²) in [5, 5.41) is 3.27. The summed E-state index contributed by atoms with van der Waals surface area (Å²) in [7, 11) is 0. The van der Waals surface area contributed by atoms with Gasteiger partial charge in [0.15, 0.2) is 0 Å². The number of aromatic nitrogens is 1. The first-order valence-corrected chi connectivity index (χ1v) is 10.3. The van der Waals surface area contributed by atoms with E-state index in [1.54, 1.807) is 6.07 Å². The van der Waals surface area contributed by atoms with Crippen LogP contribution in [0.4, 0.5) is 27.6 Å². The number of aromatic amines is 1. The van der Waals surface area contributed by atoms with E-state index >= 15 is 0 Å². The minimum atomic E-state index is -4.17. The Kier molecular flexibility index (Phi) is 6.19. The quantitative estimate of drug-likeness (QED) is 0.485. The fourth-order valence-electron chi connectivity index (χ4n) is 4.20. The molecule has 1 amide bonds. The van der Waals surface area contributed by atoms with Gasteiger partial charge in [0.05, 0.1) is 6.54 Å². The number of benzene rings is 2. The lowest BCUT2D eigenvalue weighted by atomic mass is 9.98. The molecule has 1 atom stereocenters. The van der Waals surface area contributed by atoms with Gasteiger partial charge in [-0.2, -0.15) is 13.2 Å². The third kappa shape index (κ3) is 5.64. The van der Waals surface area contributed by atoms with Crippen molar-refractivity contribution in [2.75, 3.05) is 25.0 Å². The van der Waals surface area contributed by atoms with Gasteiger partial charge in [-0.25, -0.2) is 8.78 Å². The van der Waals surface area contributed by atoms with Gasteiger partial charge in [0.1, 0.15) is 17.3 Å². The highest BCUT2D eigenvalue weighted by Crippen LogP contribution is 2.26. The van der Waals surface area contributed by atoms with Crippen LogP contribution in [0.5, 0.6) is 0 Å². The zero-order valence-electron chi connectivity index (χ0n) is 17.1. The van der Waals surface area contributed by atoms with Crippen molar-refractivity contribution in [1.29, 1.82) is 0 Å². The van der Waals surface area contributed by atoms with Gasteiger partial charge in [0.2, 0.25) is 0 Å². The SMILES string of the molecule is O=C(Nc1cc(F)cc(F)c1)c1cc2cc(CC[C@@H]3CCN(CC(F)(F)F)C3)ccc2[nH]1. The molecule has 3 aromatic rings. The topological polar surface area (TPSA) is 48.1 Å². The van der Waals surface area contributed by atoms with Crippen molar-refractivity contribution in [3.05, 3.63) is 65.4 Å². The largest absolute Gasteiger partial charge is 0.401 e. The standard InChI is InChI=1S/C23H22F5N3O/c24-17-9-18(25)11-19(10-17)29-22(32)21-8-16-7-14(3-4-20(16)30-21)1-2-15-5-6-31(12-15)13-23(26,27)28/h3-4,7-11,15,30H,1-2,5-6,12-13H2,(H,29,32)/t15-/m1/s1. The predicted molar refractivity (Wildman–Crippen MR) is 112 cm³/mol. The molecule has 0 bridgehead atoms. The average Bonchev–Trinajstić information content (AvgIpc) is 3.30. The molecule has 4 rings (SSSR count). The Bertz CT molecular complexity index is 1100. The number of anilines is 1. The molecular formula is C23H22F5N3O. The van der Waals surface area contributed by atoms with Crippen LogP contribution in [-0.2, 0) is 6.42 Å². The lowest BCUT2D eigenvalue weighted by Gasteiger charge is -2.17. The Hall–Kier alpha value is -2.94. The van der Waals surface area contributed by atoms with E-state index in [1.807, 2.05) is 18.2 Å². The summed E-state index contributed by atoms with van der Waals surface area (Å²) in [4.78, 5) is 16.9. The lowest BCUT2D eigenvalue weighted by Crippen LogP contribution is -2.32. The summed E-state index contributed by atoms with van der Waals surface area (Å²) in [6.45, 7) is 0.0670. The smallest absolute Gasteiger partial charge is 0.351 e. The summed E-state index contributed by atoms with van der Waals surface area (Å²) < 4.78 is 64.3. The second-order valence-corrected chi connectivity index (χ2v) is 8.26. The van der Waals surface area contributed by atoms with Crippen LogP contribution in [-0.4, -0.2) is 41.6 Å². The van der Waals surface area contributed by atoms with Crippen LogP contribution in [0.1, 0.15) is 28.9 Å². The number of carbonyl (C=O) groups is 1. The molecule has 1 aliphatic rings. The van der Waals surface area contributed by atoms with Crippen LogP contribution in [0, 0.1) is 17.6 Å². The van der Waals surface area contributed by atoms with Gasteiger partial charge < -0.3 is 10.3 Å². The molecule has 0 aliphatic carbocycles. The van der Waals surface area contributed by atoms with Crippen LogP contribution >= 0.6 is 0 Å². The van der Waals surface area contributed by atoms with Gasteiger partial charge >= 0.3 is 6.18 Å². The van der Waals surface area contributed by atoms with Gasteiger partial charge in [0.25, 0.3) is 5.91 Å². The average molecular weight is 451 g/mol. The zero-order chi connectivity index (χ0) is 22.9. The van der Waals surface area contributed by atoms with E-state index in [0.717, 1.165) is 53.9 Å². The number of carbonyl (C=O) groups excluding carboxylic acids is 1. The first-order valence-electron chi connectivity index (χ1n) is 10.3. The van der Waals surface area contributed by atoms with Crippen LogP contribution in [0.2, 0.25) is 0 Å². The monoisotopic (exact) mass is 451 g/mol. The van der Waals surface area contributed by atoms with Crippen molar-refractivity contribution >= 4 is 22.5 Å². The van der Waals surface area contributed by atoms with Gasteiger partial charge in [-0.05, 0) is 67.6 Å². The highest BCUT2D eigenvalue weighted by atomic mass is 19.4. The summed E-state index contributed by atoms with van der Waals surface area (Å²) in [6.07, 6.45) is -1.88. The number of alkyl halides is 3. The minimum Gasteiger partial charge on any atom is -0.351 e. The third-order valence-electron chi connectivity index (χ3n) is 5.66. The Balaban J connectivity index is 1.37. The number of H-pyrrole nitrogens is 1. The second-order valence-electron chi connectivity index (χ2n) is 8.26. The molecule has 1 aliphatic heterocycles. The number of nitrogens with one attached hydrogen (secondary N) is 2. The maximum Gasteiger partial charge on any atom is 0.401 e. The number of fused-ring (bicyclic) bond motifs is 1. The first-order chi connectivity index (χ1) is 15.1. The maximum absolute atomic E-state index is 13.3. The van der Waals surface area contributed by atoms with E-state index in [-0.39, 0.29) is 17.3 Å². The minimum absolute atomic E-state index is 0.0166. The van der Waals surface area contributed by atoms with Crippen LogP contribution in [0.15, 0.2) is 42.5 Å². The maximum atomic E-state index is 13.3. The van der Waals surface area contributed by atoms with Crippen molar-refractivity contribution in [1.82, 2.24) is 9.88 Å². The number of hydrogen-bond acceptors (Lipinski definition) is 2. The third-order valence-corrected chi connectivity index (χ3v) is 5.66. The van der Waals surface area contributed by atoms with E-state index in [4.69, 9.17) is 0 Å². The molecule has 0 unspecified atom stereocenters. The molecule has 32 heavy (non-hydrogen) atoms. The van der Waals surface area contributed by atoms with Crippen molar-refractivity contribution < 1.29 is 26.7 Å². The van der Waals surface area contributed by atoms with E-state index in [1.165, 1.54) is 4.90 Å². The van der Waals surface area contributed by atoms with Crippen molar-refractivity contribution in [3.8, 4) is 0 Å². The molecule has 2 aromatic carbocycles. The zero-order valence-corrected chi connectivity index (χ0v) is 17.1. The number of amides is 1. The Morgan fingerprint density at radius 3 is 2.56 bits per heavy atom. The van der Waals surface area contributed by atoms with Crippen molar-refractivity contribution in [2.45, 2.75) is 25.4 Å². The number of nitrogens with zero attached hydrogens (tertiary/aromatic N) is 1. The number of likely N-dealkylation sites (tertiary alicyclic amines) is 1. The second kappa shape index (κ2) is 8.90. The normalized spacial score (nSPS) is 17.2.